The molecule has 0 atom stereocenters. The quantitative estimate of drug-likeness (QED) is 0.794. The lowest BCUT2D eigenvalue weighted by Gasteiger charge is -1.91. The normalized spacial score (nSPS) is 10.9. The molecule has 0 spiro atoms. The van der Waals surface area contributed by atoms with Gasteiger partial charge in [-0.05, 0) is 28.1 Å². The summed E-state index contributed by atoms with van der Waals surface area (Å²) in [5.74, 6) is -0.714. The van der Waals surface area contributed by atoms with Crippen LogP contribution in [-0.2, 0) is 0 Å². The second kappa shape index (κ2) is 3.19. The predicted molar refractivity (Wildman–Crippen MR) is 52.3 cm³/mol. The highest BCUT2D eigenvalue weighted by molar-refractivity contribution is 9.10. The molecule has 0 radical (unpaired) electrons. The van der Waals surface area contributed by atoms with Crippen molar-refractivity contribution in [3.8, 4) is 0 Å². The maximum atomic E-state index is 12.3. The Kier molecular flexibility index (Phi) is 2.17. The van der Waals surface area contributed by atoms with E-state index in [4.69, 9.17) is 4.42 Å². The molecular weight excluding hydrogens is 261 g/mol. The van der Waals surface area contributed by atoms with Crippen molar-refractivity contribution in [3.05, 3.63) is 33.2 Å². The molecule has 0 amide bonds. The minimum absolute atomic E-state index is 0.170. The summed E-state index contributed by atoms with van der Waals surface area (Å²) in [6.45, 7) is 0. The molecule has 0 aliphatic rings. The Morgan fingerprint density at radius 2 is 2.31 bits per heavy atom. The Morgan fingerprint density at radius 3 is 3.00 bits per heavy atom. The highest BCUT2D eigenvalue weighted by Crippen LogP contribution is 2.24. The third kappa shape index (κ3) is 1.30. The van der Waals surface area contributed by atoms with Gasteiger partial charge in [0.15, 0.2) is 17.9 Å². The van der Waals surface area contributed by atoms with Crippen molar-refractivity contribution in [2.24, 2.45) is 0 Å². The van der Waals surface area contributed by atoms with Gasteiger partial charge in [0.25, 0.3) is 0 Å². The lowest BCUT2D eigenvalue weighted by Crippen LogP contribution is -2.05. The number of halogens is 2. The molecule has 1 aromatic carbocycles. The van der Waals surface area contributed by atoms with Crippen molar-refractivity contribution in [1.29, 1.82) is 0 Å². The average Bonchev–Trinajstić information content (AvgIpc) is 2.43. The molecule has 0 saturated heterocycles. The zero-order valence-electron chi connectivity index (χ0n) is 6.16. The molecule has 0 aliphatic heterocycles. The Balaban J connectivity index is 2.94. The lowest BCUT2D eigenvalue weighted by molar-refractivity contribution is 0.547. The first-order chi connectivity index (χ1) is 6.24. The van der Waals surface area contributed by atoms with Gasteiger partial charge in [-0.15, -0.1) is 3.89 Å². The van der Waals surface area contributed by atoms with Crippen LogP contribution in [0, 0.1) is 0 Å². The van der Waals surface area contributed by atoms with Crippen molar-refractivity contribution < 1.29 is 8.30 Å². The smallest absolute Gasteiger partial charge is 0.406 e. The molecule has 0 bridgehead atoms. The van der Waals surface area contributed by atoms with Gasteiger partial charge in [-0.1, -0.05) is 6.07 Å². The summed E-state index contributed by atoms with van der Waals surface area (Å²) in [7, 11) is 0. The third-order valence-electron chi connectivity index (χ3n) is 1.59. The van der Waals surface area contributed by atoms with Gasteiger partial charge >= 0.3 is 5.76 Å². The average molecular weight is 264 g/mol. The first-order valence-corrected chi connectivity index (χ1v) is 4.80. The molecule has 0 aliphatic carbocycles. The first-order valence-electron chi connectivity index (χ1n) is 3.33. The first kappa shape index (κ1) is 8.83. The van der Waals surface area contributed by atoms with Crippen LogP contribution in [0.1, 0.15) is 0 Å². The van der Waals surface area contributed by atoms with Gasteiger partial charge in [-0.2, -0.15) is 3.97 Å². The summed E-state index contributed by atoms with van der Waals surface area (Å²) in [6.07, 6.45) is 0. The summed E-state index contributed by atoms with van der Waals surface area (Å²) >= 11 is 3.03. The van der Waals surface area contributed by atoms with Gasteiger partial charge in [0, 0.05) is 0 Å². The zero-order chi connectivity index (χ0) is 9.42. The molecule has 2 rings (SSSR count). The molecular formula is C7H3BrFNO2S. The standard InChI is InChI=1S/C7H3BrFNO2S/c8-4-2-1-3-5-6(4)12-7(11)10(5)13-9/h1-3H. The number of aromatic nitrogens is 1. The highest BCUT2D eigenvalue weighted by Gasteiger charge is 2.11. The monoisotopic (exact) mass is 263 g/mol. The van der Waals surface area contributed by atoms with E-state index in [-0.39, 0.29) is 12.3 Å². The van der Waals surface area contributed by atoms with Gasteiger partial charge in [0.2, 0.25) is 0 Å². The number of hydrogen-bond donors (Lipinski definition) is 0. The maximum absolute atomic E-state index is 12.3. The number of nitrogens with zero attached hydrogens (tertiary/aromatic N) is 1. The van der Waals surface area contributed by atoms with Gasteiger partial charge in [-0.3, -0.25) is 0 Å². The van der Waals surface area contributed by atoms with Crippen LogP contribution in [0.5, 0.6) is 0 Å². The molecule has 1 heterocycles. The molecule has 13 heavy (non-hydrogen) atoms. The number of benzene rings is 1. The van der Waals surface area contributed by atoms with Crippen molar-refractivity contribution in [3.63, 3.8) is 0 Å². The fourth-order valence-electron chi connectivity index (χ4n) is 1.05. The van der Waals surface area contributed by atoms with Gasteiger partial charge in [-0.25, -0.2) is 4.79 Å². The van der Waals surface area contributed by atoms with Crippen LogP contribution in [0.15, 0.2) is 31.9 Å². The Hall–Kier alpha value is -0.750. The number of para-hydroxylation sites is 1. The lowest BCUT2D eigenvalue weighted by atomic mass is 10.3. The molecule has 0 fully saturated rings. The Morgan fingerprint density at radius 1 is 1.54 bits per heavy atom. The minimum Gasteiger partial charge on any atom is -0.406 e. The molecule has 0 N–H and O–H groups in total. The van der Waals surface area contributed by atoms with Crippen LogP contribution >= 0.6 is 28.3 Å². The van der Waals surface area contributed by atoms with E-state index >= 15 is 0 Å². The highest BCUT2D eigenvalue weighted by atomic mass is 79.9. The molecule has 68 valence electrons. The van der Waals surface area contributed by atoms with Crippen LogP contribution in [-0.4, -0.2) is 3.97 Å². The fourth-order valence-corrected chi connectivity index (χ4v) is 1.80. The van der Waals surface area contributed by atoms with Gasteiger partial charge in [0.1, 0.15) is 5.52 Å². The number of fused-ring (bicyclic) bond motifs is 1. The van der Waals surface area contributed by atoms with E-state index in [9.17, 15) is 8.68 Å². The van der Waals surface area contributed by atoms with E-state index in [1.54, 1.807) is 18.2 Å². The van der Waals surface area contributed by atoms with Crippen molar-refractivity contribution in [1.82, 2.24) is 3.97 Å². The van der Waals surface area contributed by atoms with E-state index in [1.807, 2.05) is 0 Å². The fraction of sp³-hybridized carbons (Fsp3) is 0. The molecule has 0 unspecified atom stereocenters. The van der Waals surface area contributed by atoms with Crippen LogP contribution in [0.4, 0.5) is 3.89 Å². The van der Waals surface area contributed by atoms with E-state index in [2.05, 4.69) is 15.9 Å². The molecule has 0 saturated carbocycles. The van der Waals surface area contributed by atoms with E-state index < -0.39 is 5.76 Å². The second-order valence-electron chi connectivity index (χ2n) is 2.32. The number of hydrogen-bond acceptors (Lipinski definition) is 3. The largest absolute Gasteiger partial charge is 0.432 e. The third-order valence-corrected chi connectivity index (χ3v) is 2.70. The second-order valence-corrected chi connectivity index (χ2v) is 3.68. The van der Waals surface area contributed by atoms with E-state index in [1.165, 1.54) is 0 Å². The van der Waals surface area contributed by atoms with Gasteiger partial charge < -0.3 is 4.42 Å². The summed E-state index contributed by atoms with van der Waals surface area (Å²) in [4.78, 5) is 11.0. The number of rotatable bonds is 1. The minimum atomic E-state index is -0.714. The Labute approximate surface area is 85.1 Å². The summed E-state index contributed by atoms with van der Waals surface area (Å²) < 4.78 is 18.6. The number of oxazole rings is 1. The molecule has 3 nitrogen and oxygen atoms in total. The summed E-state index contributed by atoms with van der Waals surface area (Å²) in [5.41, 5.74) is 0.782. The SMILES string of the molecule is O=c1oc2c(Br)cccc2n1SF. The van der Waals surface area contributed by atoms with Crippen LogP contribution in [0.25, 0.3) is 11.1 Å². The topological polar surface area (TPSA) is 35.1 Å². The Bertz CT molecular complexity index is 507. The summed E-state index contributed by atoms with van der Waals surface area (Å²) in [6, 6.07) is 5.03. The van der Waals surface area contributed by atoms with Crippen molar-refractivity contribution in [2.45, 2.75) is 0 Å². The molecule has 6 heteroatoms. The van der Waals surface area contributed by atoms with Crippen molar-refractivity contribution in [2.75, 3.05) is 0 Å². The van der Waals surface area contributed by atoms with E-state index in [0.717, 1.165) is 3.97 Å². The maximum Gasteiger partial charge on any atom is 0.432 e. The van der Waals surface area contributed by atoms with Crippen LogP contribution in [0.3, 0.4) is 0 Å². The predicted octanol–water partition coefficient (Wildman–Crippen LogP) is 2.74. The summed E-state index contributed by atoms with van der Waals surface area (Å²) in [5, 5.41) is 0. The zero-order valence-corrected chi connectivity index (χ0v) is 8.56. The van der Waals surface area contributed by atoms with Crippen LogP contribution < -0.4 is 5.76 Å². The molecule has 1 aromatic heterocycles. The van der Waals surface area contributed by atoms with E-state index in [0.29, 0.717) is 15.6 Å². The molecule has 2 aromatic rings. The van der Waals surface area contributed by atoms with Gasteiger partial charge in [0.05, 0.1) is 4.47 Å². The van der Waals surface area contributed by atoms with Crippen LogP contribution in [0.2, 0.25) is 0 Å². The van der Waals surface area contributed by atoms with Crippen molar-refractivity contribution >= 4 is 39.4 Å².